The van der Waals surface area contributed by atoms with E-state index in [9.17, 15) is 14.0 Å². The Bertz CT molecular complexity index is 693. The molecular weight excluding hydrogens is 327 g/mol. The highest BCUT2D eigenvalue weighted by atomic mass is 32.2. The Labute approximate surface area is 145 Å². The number of hydrogen-bond acceptors (Lipinski definition) is 3. The van der Waals surface area contributed by atoms with Crippen LogP contribution in [-0.4, -0.2) is 44.3 Å². The van der Waals surface area contributed by atoms with Gasteiger partial charge in [0.25, 0.3) is 0 Å². The highest BCUT2D eigenvalue weighted by molar-refractivity contribution is 8.01. The molecule has 128 valence electrons. The van der Waals surface area contributed by atoms with Crippen LogP contribution < -0.4 is 0 Å². The monoisotopic (exact) mass is 348 g/mol. The fraction of sp³-hybridized carbons (Fsp3) is 0.556. The van der Waals surface area contributed by atoms with E-state index in [1.807, 2.05) is 6.92 Å². The van der Waals surface area contributed by atoms with Gasteiger partial charge in [0.15, 0.2) is 0 Å². The summed E-state index contributed by atoms with van der Waals surface area (Å²) >= 11 is 1.70. The molecule has 0 bridgehead atoms. The maximum Gasteiger partial charge on any atom is 0.246 e. The molecule has 2 unspecified atom stereocenters. The number of nitrogens with zero attached hydrogens (tertiary/aromatic N) is 2. The molecule has 6 heteroatoms. The minimum absolute atomic E-state index is 0.0211. The van der Waals surface area contributed by atoms with Crippen molar-refractivity contribution >= 4 is 23.6 Å². The van der Waals surface area contributed by atoms with Crippen molar-refractivity contribution < 1.29 is 14.0 Å². The van der Waals surface area contributed by atoms with Gasteiger partial charge in [0.2, 0.25) is 11.8 Å². The fourth-order valence-corrected chi connectivity index (χ4v) is 5.20. The van der Waals surface area contributed by atoms with Crippen LogP contribution in [0, 0.1) is 5.82 Å². The van der Waals surface area contributed by atoms with Crippen LogP contribution in [0.15, 0.2) is 24.3 Å². The van der Waals surface area contributed by atoms with E-state index >= 15 is 0 Å². The molecule has 2 atom stereocenters. The molecule has 2 amide bonds. The first kappa shape index (κ1) is 15.9. The highest BCUT2D eigenvalue weighted by Crippen LogP contribution is 2.48. The average Bonchev–Trinajstić information content (AvgIpc) is 3.28. The predicted molar refractivity (Wildman–Crippen MR) is 90.7 cm³/mol. The van der Waals surface area contributed by atoms with Gasteiger partial charge in [-0.2, -0.15) is 0 Å². The van der Waals surface area contributed by atoms with Gasteiger partial charge in [0.05, 0.1) is 4.87 Å². The van der Waals surface area contributed by atoms with Crippen LogP contribution >= 0.6 is 11.8 Å². The normalized spacial score (nSPS) is 29.0. The van der Waals surface area contributed by atoms with Gasteiger partial charge >= 0.3 is 0 Å². The maximum absolute atomic E-state index is 14.0. The first-order chi connectivity index (χ1) is 11.5. The SMILES string of the molecule is CC12CCC(=O)N1C(C(=O)N(Cc1ccccc1F)C1CC1)CS2. The molecule has 4 nitrogen and oxygen atoms in total. The summed E-state index contributed by atoms with van der Waals surface area (Å²) in [5.41, 5.74) is 0.541. The van der Waals surface area contributed by atoms with Gasteiger partial charge in [-0.3, -0.25) is 9.59 Å². The van der Waals surface area contributed by atoms with Crippen molar-refractivity contribution in [3.63, 3.8) is 0 Å². The summed E-state index contributed by atoms with van der Waals surface area (Å²) in [5.74, 6) is 0.412. The lowest BCUT2D eigenvalue weighted by molar-refractivity contribution is -0.144. The molecule has 2 heterocycles. The minimum Gasteiger partial charge on any atom is -0.333 e. The second-order valence-electron chi connectivity index (χ2n) is 7.05. The molecule has 1 aromatic rings. The first-order valence-corrected chi connectivity index (χ1v) is 9.48. The number of rotatable bonds is 4. The first-order valence-electron chi connectivity index (χ1n) is 8.49. The number of carbonyl (C=O) groups excluding carboxylic acids is 2. The summed E-state index contributed by atoms with van der Waals surface area (Å²) in [5, 5.41) is 0. The minimum atomic E-state index is -0.401. The number of thioether (sulfide) groups is 1. The van der Waals surface area contributed by atoms with E-state index in [1.165, 1.54) is 6.07 Å². The van der Waals surface area contributed by atoms with E-state index < -0.39 is 6.04 Å². The highest BCUT2D eigenvalue weighted by Gasteiger charge is 2.54. The fourth-order valence-electron chi connectivity index (χ4n) is 3.78. The second kappa shape index (κ2) is 5.76. The molecule has 1 aliphatic carbocycles. The Morgan fingerprint density at radius 2 is 2.17 bits per heavy atom. The summed E-state index contributed by atoms with van der Waals surface area (Å²) in [6, 6.07) is 6.39. The van der Waals surface area contributed by atoms with Crippen LogP contribution in [0.3, 0.4) is 0 Å². The van der Waals surface area contributed by atoms with Crippen molar-refractivity contribution in [2.75, 3.05) is 5.75 Å². The summed E-state index contributed by atoms with van der Waals surface area (Å²) in [7, 11) is 0. The molecule has 4 rings (SSSR count). The molecular formula is C18H21FN2O2S. The summed E-state index contributed by atoms with van der Waals surface area (Å²) in [6.07, 6.45) is 3.25. The average molecular weight is 348 g/mol. The van der Waals surface area contributed by atoms with Crippen LogP contribution in [0.1, 0.15) is 38.2 Å². The Hall–Kier alpha value is -1.56. The Morgan fingerprint density at radius 1 is 1.42 bits per heavy atom. The lowest BCUT2D eigenvalue weighted by Gasteiger charge is -2.33. The Morgan fingerprint density at radius 3 is 2.88 bits per heavy atom. The van der Waals surface area contributed by atoms with Crippen molar-refractivity contribution in [1.29, 1.82) is 0 Å². The number of carbonyl (C=O) groups is 2. The molecule has 0 N–H and O–H groups in total. The van der Waals surface area contributed by atoms with Gasteiger partial charge in [0, 0.05) is 30.3 Å². The van der Waals surface area contributed by atoms with Crippen LogP contribution in [-0.2, 0) is 16.1 Å². The predicted octanol–water partition coefficient (Wildman–Crippen LogP) is 2.77. The summed E-state index contributed by atoms with van der Waals surface area (Å²) in [4.78, 5) is 28.8. The second-order valence-corrected chi connectivity index (χ2v) is 8.56. The molecule has 0 aromatic heterocycles. The molecule has 0 spiro atoms. The van der Waals surface area contributed by atoms with E-state index in [0.29, 0.717) is 17.7 Å². The smallest absolute Gasteiger partial charge is 0.246 e. The zero-order chi connectivity index (χ0) is 16.9. The Kier molecular flexibility index (Phi) is 3.82. The molecule has 3 aliphatic rings. The van der Waals surface area contributed by atoms with E-state index in [0.717, 1.165) is 19.3 Å². The van der Waals surface area contributed by atoms with Gasteiger partial charge in [-0.25, -0.2) is 4.39 Å². The van der Waals surface area contributed by atoms with Crippen molar-refractivity contribution in [1.82, 2.24) is 9.80 Å². The molecule has 1 saturated carbocycles. The lowest BCUT2D eigenvalue weighted by Crippen LogP contribution is -2.51. The zero-order valence-corrected chi connectivity index (χ0v) is 14.5. The number of fused-ring (bicyclic) bond motifs is 1. The number of benzene rings is 1. The quantitative estimate of drug-likeness (QED) is 0.840. The third-order valence-electron chi connectivity index (χ3n) is 5.30. The molecule has 1 aromatic carbocycles. The maximum atomic E-state index is 14.0. The van der Waals surface area contributed by atoms with Gasteiger partial charge in [-0.1, -0.05) is 18.2 Å². The standard InChI is InChI=1S/C18H21FN2O2S/c1-18-9-8-16(22)21(18)15(11-24-18)17(23)20(13-6-7-13)10-12-4-2-3-5-14(12)19/h2-5,13,15H,6-11H2,1H3. The number of amides is 2. The van der Waals surface area contributed by atoms with Gasteiger partial charge in [0.1, 0.15) is 11.9 Å². The third-order valence-corrected chi connectivity index (χ3v) is 6.80. The third kappa shape index (κ3) is 2.61. The van der Waals surface area contributed by atoms with E-state index in [-0.39, 0.29) is 35.1 Å². The molecule has 2 saturated heterocycles. The summed E-state index contributed by atoms with van der Waals surface area (Å²) in [6.45, 7) is 2.34. The number of hydrogen-bond donors (Lipinski definition) is 0. The van der Waals surface area contributed by atoms with E-state index in [1.54, 1.807) is 39.8 Å². The largest absolute Gasteiger partial charge is 0.333 e. The van der Waals surface area contributed by atoms with Crippen LogP contribution in [0.25, 0.3) is 0 Å². The lowest BCUT2D eigenvalue weighted by atomic mass is 10.1. The van der Waals surface area contributed by atoms with Crippen molar-refractivity contribution in [3.05, 3.63) is 35.6 Å². The summed E-state index contributed by atoms with van der Waals surface area (Å²) < 4.78 is 14.0. The molecule has 3 fully saturated rings. The molecule has 24 heavy (non-hydrogen) atoms. The van der Waals surface area contributed by atoms with Crippen molar-refractivity contribution in [2.24, 2.45) is 0 Å². The molecule has 2 aliphatic heterocycles. The van der Waals surface area contributed by atoms with Gasteiger partial charge in [-0.15, -0.1) is 11.8 Å². The Balaban J connectivity index is 1.57. The molecule has 0 radical (unpaired) electrons. The van der Waals surface area contributed by atoms with Crippen molar-refractivity contribution in [3.8, 4) is 0 Å². The van der Waals surface area contributed by atoms with Gasteiger partial charge < -0.3 is 9.80 Å². The van der Waals surface area contributed by atoms with Crippen molar-refractivity contribution in [2.45, 2.75) is 56.1 Å². The number of halogens is 1. The van der Waals surface area contributed by atoms with Crippen LogP contribution in [0.2, 0.25) is 0 Å². The van der Waals surface area contributed by atoms with Crippen LogP contribution in [0.4, 0.5) is 4.39 Å². The van der Waals surface area contributed by atoms with Crippen LogP contribution in [0.5, 0.6) is 0 Å². The zero-order valence-electron chi connectivity index (χ0n) is 13.7. The van der Waals surface area contributed by atoms with E-state index in [4.69, 9.17) is 0 Å². The topological polar surface area (TPSA) is 40.6 Å². The van der Waals surface area contributed by atoms with Gasteiger partial charge in [-0.05, 0) is 32.3 Å². The van der Waals surface area contributed by atoms with E-state index in [2.05, 4.69) is 0 Å².